The lowest BCUT2D eigenvalue weighted by molar-refractivity contribution is 0.169. The van der Waals surface area contributed by atoms with Crippen molar-refractivity contribution in [1.82, 2.24) is 30.1 Å². The Balaban J connectivity index is 1.51. The summed E-state index contributed by atoms with van der Waals surface area (Å²) < 4.78 is 2.07. The Bertz CT molecular complexity index is 1430. The van der Waals surface area contributed by atoms with Gasteiger partial charge in [-0.3, -0.25) is 9.69 Å². The Morgan fingerprint density at radius 2 is 1.89 bits per heavy atom. The molecule has 1 saturated carbocycles. The van der Waals surface area contributed by atoms with Crippen LogP contribution in [0.3, 0.4) is 0 Å². The molecule has 0 bridgehead atoms. The number of nitrogens with one attached hydrogen (secondary N) is 1. The van der Waals surface area contributed by atoms with Gasteiger partial charge in [0.2, 0.25) is 0 Å². The van der Waals surface area contributed by atoms with Gasteiger partial charge in [-0.15, -0.1) is 5.10 Å². The van der Waals surface area contributed by atoms with E-state index < -0.39 is 0 Å². The second-order valence-corrected chi connectivity index (χ2v) is 10.7. The van der Waals surface area contributed by atoms with Gasteiger partial charge in [0.05, 0.1) is 17.6 Å². The van der Waals surface area contributed by atoms with E-state index >= 15 is 0 Å². The molecule has 1 atom stereocenters. The molecule has 1 fully saturated rings. The highest BCUT2D eigenvalue weighted by atomic mass is 16.1. The summed E-state index contributed by atoms with van der Waals surface area (Å²) in [6.07, 6.45) is 6.46. The minimum atomic E-state index is -0.0229. The van der Waals surface area contributed by atoms with Crippen LogP contribution in [0, 0.1) is 20.8 Å². The summed E-state index contributed by atoms with van der Waals surface area (Å²) >= 11 is 0. The first-order chi connectivity index (χ1) is 17.9. The molecule has 4 aromatic rings. The van der Waals surface area contributed by atoms with Crippen LogP contribution in [-0.2, 0) is 13.0 Å². The maximum atomic E-state index is 13.3. The zero-order valence-electron chi connectivity index (χ0n) is 22.5. The number of hydrogen-bond acceptors (Lipinski definition) is 5. The fourth-order valence-corrected chi connectivity index (χ4v) is 5.99. The summed E-state index contributed by atoms with van der Waals surface area (Å²) in [5.41, 5.74) is 6.53. The largest absolute Gasteiger partial charge is 0.321 e. The summed E-state index contributed by atoms with van der Waals surface area (Å²) in [7, 11) is 0. The first-order valence-electron chi connectivity index (χ1n) is 13.6. The summed E-state index contributed by atoms with van der Waals surface area (Å²) in [5.74, 6) is 0.919. The molecule has 0 spiro atoms. The molecule has 1 aliphatic carbocycles. The molecule has 0 amide bonds. The molecule has 1 aliphatic rings. The lowest BCUT2D eigenvalue weighted by atomic mass is 10.0. The number of benzene rings is 2. The van der Waals surface area contributed by atoms with Crippen LogP contribution >= 0.6 is 0 Å². The van der Waals surface area contributed by atoms with Crippen LogP contribution in [0.25, 0.3) is 10.9 Å². The molecule has 7 nitrogen and oxygen atoms in total. The SMILES string of the molecule is CCC(c1nnnn1C1CCCC1)N(CCc1cccc(C)c1)Cc1cc2cc(C)cc(C)c2[nH]c1=O. The van der Waals surface area contributed by atoms with Crippen molar-refractivity contribution >= 4 is 10.9 Å². The van der Waals surface area contributed by atoms with E-state index in [-0.39, 0.29) is 11.6 Å². The van der Waals surface area contributed by atoms with E-state index in [1.165, 1.54) is 29.5 Å². The number of H-pyrrole nitrogens is 1. The number of tetrazole rings is 1. The average molecular weight is 499 g/mol. The number of nitrogens with zero attached hydrogens (tertiary/aromatic N) is 5. The van der Waals surface area contributed by atoms with Crippen molar-refractivity contribution in [2.45, 2.75) is 84.8 Å². The maximum Gasteiger partial charge on any atom is 0.252 e. The van der Waals surface area contributed by atoms with Crippen LogP contribution in [0.5, 0.6) is 0 Å². The van der Waals surface area contributed by atoms with Crippen LogP contribution < -0.4 is 5.56 Å². The van der Waals surface area contributed by atoms with Gasteiger partial charge in [-0.1, -0.05) is 61.2 Å². The molecule has 37 heavy (non-hydrogen) atoms. The number of aryl methyl sites for hydroxylation is 3. The Hall–Kier alpha value is -3.32. The predicted molar refractivity (Wildman–Crippen MR) is 148 cm³/mol. The summed E-state index contributed by atoms with van der Waals surface area (Å²) in [5, 5.41) is 14.1. The Labute approximate surface area is 218 Å². The molecule has 0 radical (unpaired) electrons. The van der Waals surface area contributed by atoms with Crippen LogP contribution in [0.2, 0.25) is 0 Å². The molecular weight excluding hydrogens is 460 g/mol. The zero-order chi connectivity index (χ0) is 25.9. The van der Waals surface area contributed by atoms with Crippen molar-refractivity contribution in [2.75, 3.05) is 6.54 Å². The van der Waals surface area contributed by atoms with Gasteiger partial charge in [-0.2, -0.15) is 0 Å². The van der Waals surface area contributed by atoms with Gasteiger partial charge in [0, 0.05) is 18.7 Å². The molecule has 2 heterocycles. The number of fused-ring (bicyclic) bond motifs is 1. The number of hydrogen-bond donors (Lipinski definition) is 1. The van der Waals surface area contributed by atoms with Crippen LogP contribution in [0.4, 0.5) is 0 Å². The van der Waals surface area contributed by atoms with Crippen molar-refractivity contribution < 1.29 is 0 Å². The van der Waals surface area contributed by atoms with Crippen molar-refractivity contribution in [3.8, 4) is 0 Å². The molecule has 0 saturated heterocycles. The van der Waals surface area contributed by atoms with Crippen molar-refractivity contribution in [3.63, 3.8) is 0 Å². The Kier molecular flexibility index (Phi) is 7.51. The minimum absolute atomic E-state index is 0.0229. The second kappa shape index (κ2) is 11.0. The Morgan fingerprint density at radius 1 is 1.08 bits per heavy atom. The maximum absolute atomic E-state index is 13.3. The monoisotopic (exact) mass is 498 g/mol. The zero-order valence-corrected chi connectivity index (χ0v) is 22.5. The molecule has 194 valence electrons. The standard InChI is InChI=1S/C30H38N6O/c1-5-27(29-32-33-34-36(29)26-11-6-7-12-26)35(14-13-23-10-8-9-20(2)16-23)19-25-18-24-17-21(3)15-22(4)28(24)31-30(25)37/h8-10,15-18,26-27H,5-7,11-14,19H2,1-4H3,(H,31,37). The van der Waals surface area contributed by atoms with Gasteiger partial charge in [0.25, 0.3) is 5.56 Å². The Morgan fingerprint density at radius 3 is 2.65 bits per heavy atom. The second-order valence-electron chi connectivity index (χ2n) is 10.7. The molecule has 2 aromatic heterocycles. The third-order valence-electron chi connectivity index (χ3n) is 7.83. The molecular formula is C30H38N6O. The minimum Gasteiger partial charge on any atom is -0.321 e. The van der Waals surface area contributed by atoms with Crippen molar-refractivity contribution in [2.24, 2.45) is 0 Å². The van der Waals surface area contributed by atoms with E-state index in [0.29, 0.717) is 12.6 Å². The normalized spacial score (nSPS) is 15.2. The van der Waals surface area contributed by atoms with Gasteiger partial charge in [0.15, 0.2) is 5.82 Å². The lowest BCUT2D eigenvalue weighted by Crippen LogP contribution is -2.34. The highest BCUT2D eigenvalue weighted by Crippen LogP contribution is 2.33. The van der Waals surface area contributed by atoms with E-state index in [2.05, 4.69) is 100 Å². The van der Waals surface area contributed by atoms with Gasteiger partial charge < -0.3 is 4.98 Å². The number of aromatic amines is 1. The highest BCUT2D eigenvalue weighted by molar-refractivity contribution is 5.82. The molecule has 2 aromatic carbocycles. The van der Waals surface area contributed by atoms with E-state index in [4.69, 9.17) is 0 Å². The predicted octanol–water partition coefficient (Wildman–Crippen LogP) is 5.75. The van der Waals surface area contributed by atoms with Crippen LogP contribution in [0.15, 0.2) is 47.3 Å². The fourth-order valence-electron chi connectivity index (χ4n) is 5.99. The number of rotatable bonds is 9. The number of pyridine rings is 1. The summed E-state index contributed by atoms with van der Waals surface area (Å²) in [6, 6.07) is 15.4. The highest BCUT2D eigenvalue weighted by Gasteiger charge is 2.29. The first kappa shape index (κ1) is 25.3. The van der Waals surface area contributed by atoms with E-state index in [1.54, 1.807) is 0 Å². The molecule has 7 heteroatoms. The van der Waals surface area contributed by atoms with Crippen LogP contribution in [-0.4, -0.2) is 36.6 Å². The van der Waals surface area contributed by atoms with Gasteiger partial charge >= 0.3 is 0 Å². The third-order valence-corrected chi connectivity index (χ3v) is 7.83. The quantitative estimate of drug-likeness (QED) is 0.318. The van der Waals surface area contributed by atoms with Gasteiger partial charge in [-0.25, -0.2) is 4.68 Å². The number of aromatic nitrogens is 5. The summed E-state index contributed by atoms with van der Waals surface area (Å²) in [4.78, 5) is 18.8. The molecule has 5 rings (SSSR count). The fraction of sp³-hybridized carbons (Fsp3) is 0.467. The topological polar surface area (TPSA) is 79.7 Å². The third kappa shape index (κ3) is 5.52. The van der Waals surface area contributed by atoms with Gasteiger partial charge in [-0.05, 0) is 85.5 Å². The van der Waals surface area contributed by atoms with Gasteiger partial charge in [0.1, 0.15) is 0 Å². The van der Waals surface area contributed by atoms with E-state index in [1.807, 2.05) is 0 Å². The lowest BCUT2D eigenvalue weighted by Gasteiger charge is -2.31. The molecule has 1 unspecified atom stereocenters. The van der Waals surface area contributed by atoms with Crippen molar-refractivity contribution in [1.29, 1.82) is 0 Å². The first-order valence-corrected chi connectivity index (χ1v) is 13.6. The van der Waals surface area contributed by atoms with E-state index in [0.717, 1.165) is 60.1 Å². The average Bonchev–Trinajstić information content (AvgIpc) is 3.56. The van der Waals surface area contributed by atoms with E-state index in [9.17, 15) is 4.79 Å². The summed E-state index contributed by atoms with van der Waals surface area (Å²) in [6.45, 7) is 9.82. The smallest absolute Gasteiger partial charge is 0.252 e. The molecule has 1 N–H and O–H groups in total. The van der Waals surface area contributed by atoms with Crippen LogP contribution in [0.1, 0.15) is 84.8 Å². The molecule has 0 aliphatic heterocycles. The van der Waals surface area contributed by atoms with Crippen molar-refractivity contribution in [3.05, 3.63) is 86.5 Å².